The first kappa shape index (κ1) is 16.2. The quantitative estimate of drug-likeness (QED) is 0.670. The molecule has 0 bridgehead atoms. The van der Waals surface area contributed by atoms with Gasteiger partial charge >= 0.3 is 12.3 Å². The molecular formula is C15H10F4O5. The fraction of sp³-hybridized carbons (Fsp3) is 0.267. The molecular weight excluding hydrogens is 336 g/mol. The zero-order valence-electron chi connectivity index (χ0n) is 12.4. The lowest BCUT2D eigenvalue weighted by molar-refractivity contribution is -0.147. The number of methoxy groups -OCH3 is 2. The van der Waals surface area contributed by atoms with E-state index in [1.807, 2.05) is 0 Å². The molecule has 0 atom stereocenters. The summed E-state index contributed by atoms with van der Waals surface area (Å²) in [6, 6.07) is 1.81. The van der Waals surface area contributed by atoms with Crippen molar-refractivity contribution >= 4 is 21.9 Å². The van der Waals surface area contributed by atoms with Crippen molar-refractivity contribution in [2.45, 2.75) is 12.3 Å². The van der Waals surface area contributed by atoms with Crippen LogP contribution in [0, 0.1) is 0 Å². The number of hydrogen-bond acceptors (Lipinski definition) is 5. The summed E-state index contributed by atoms with van der Waals surface area (Å²) >= 11 is 0. The maximum Gasteiger partial charge on any atom is 0.363 e. The molecule has 0 aliphatic heterocycles. The minimum absolute atomic E-state index is 0.00946. The van der Waals surface area contributed by atoms with Crippen LogP contribution in [0.1, 0.15) is 5.76 Å². The van der Waals surface area contributed by atoms with Crippen molar-refractivity contribution < 1.29 is 35.9 Å². The van der Waals surface area contributed by atoms with Crippen LogP contribution >= 0.6 is 0 Å². The topological polar surface area (TPSA) is 61.8 Å². The summed E-state index contributed by atoms with van der Waals surface area (Å²) in [6.07, 6.45) is -2.77. The van der Waals surface area contributed by atoms with Crippen molar-refractivity contribution in [2.24, 2.45) is 0 Å². The van der Waals surface area contributed by atoms with E-state index in [-0.39, 0.29) is 22.5 Å². The molecule has 3 rings (SSSR count). The molecule has 0 saturated heterocycles. The maximum atomic E-state index is 13.6. The molecule has 9 heteroatoms. The summed E-state index contributed by atoms with van der Waals surface area (Å²) in [5.41, 5.74) is -1.35. The fourth-order valence-corrected chi connectivity index (χ4v) is 2.44. The molecule has 0 aliphatic rings. The monoisotopic (exact) mass is 346 g/mol. The lowest BCUT2D eigenvalue weighted by Crippen LogP contribution is -2.25. The van der Waals surface area contributed by atoms with Crippen LogP contribution in [0.5, 0.6) is 11.5 Å². The molecule has 0 unspecified atom stereocenters. The van der Waals surface area contributed by atoms with E-state index in [0.717, 1.165) is 0 Å². The number of benzene rings is 1. The Labute approximate surface area is 131 Å². The van der Waals surface area contributed by atoms with Crippen LogP contribution in [0.2, 0.25) is 0 Å². The Bertz CT molecular complexity index is 973. The van der Waals surface area contributed by atoms with E-state index < -0.39 is 29.1 Å². The highest BCUT2D eigenvalue weighted by atomic mass is 19.3. The molecule has 0 N–H and O–H groups in total. The highest BCUT2D eigenvalue weighted by Crippen LogP contribution is 2.44. The lowest BCUT2D eigenvalue weighted by Gasteiger charge is -2.16. The molecule has 0 spiro atoms. The maximum absolute atomic E-state index is 13.6. The van der Waals surface area contributed by atoms with Gasteiger partial charge in [0.05, 0.1) is 25.9 Å². The van der Waals surface area contributed by atoms with Crippen LogP contribution in [0.25, 0.3) is 21.9 Å². The molecule has 0 saturated carbocycles. The van der Waals surface area contributed by atoms with Crippen LogP contribution in [0.3, 0.4) is 0 Å². The molecule has 3 aromatic rings. The van der Waals surface area contributed by atoms with Crippen LogP contribution in [-0.2, 0) is 5.92 Å². The zero-order valence-corrected chi connectivity index (χ0v) is 12.4. The van der Waals surface area contributed by atoms with E-state index in [4.69, 9.17) is 18.3 Å². The average Bonchev–Trinajstić information content (AvgIpc) is 3.01. The van der Waals surface area contributed by atoms with Gasteiger partial charge in [0.2, 0.25) is 5.75 Å². The van der Waals surface area contributed by atoms with Gasteiger partial charge in [-0.25, -0.2) is 8.78 Å². The van der Waals surface area contributed by atoms with Crippen molar-refractivity contribution in [3.05, 3.63) is 34.4 Å². The molecule has 24 heavy (non-hydrogen) atoms. The van der Waals surface area contributed by atoms with Gasteiger partial charge in [0.25, 0.3) is 0 Å². The van der Waals surface area contributed by atoms with Gasteiger partial charge in [-0.2, -0.15) is 8.78 Å². The summed E-state index contributed by atoms with van der Waals surface area (Å²) in [4.78, 5) is 12.3. The minimum Gasteiger partial charge on any atom is -0.495 e. The summed E-state index contributed by atoms with van der Waals surface area (Å²) in [7, 11) is 2.45. The Hall–Kier alpha value is -2.71. The molecule has 0 amide bonds. The number of fused-ring (bicyclic) bond motifs is 2. The molecule has 5 nitrogen and oxygen atoms in total. The molecule has 1 aromatic carbocycles. The Morgan fingerprint density at radius 2 is 1.79 bits per heavy atom. The fourth-order valence-electron chi connectivity index (χ4n) is 2.44. The number of furan rings is 1. The van der Waals surface area contributed by atoms with Crippen molar-refractivity contribution in [1.82, 2.24) is 0 Å². The van der Waals surface area contributed by atoms with Crippen LogP contribution in [0.4, 0.5) is 17.6 Å². The molecule has 2 heterocycles. The van der Waals surface area contributed by atoms with E-state index in [1.54, 1.807) is 0 Å². The smallest absolute Gasteiger partial charge is 0.363 e. The Kier molecular flexibility index (Phi) is 3.66. The third kappa shape index (κ3) is 2.11. The molecule has 2 aromatic heterocycles. The largest absolute Gasteiger partial charge is 0.495 e. The van der Waals surface area contributed by atoms with E-state index in [0.29, 0.717) is 11.5 Å². The summed E-state index contributed by atoms with van der Waals surface area (Å²) in [6.45, 7) is 0. The van der Waals surface area contributed by atoms with E-state index in [9.17, 15) is 22.4 Å². The van der Waals surface area contributed by atoms with Gasteiger partial charge in [-0.3, -0.25) is 4.79 Å². The third-order valence-electron chi connectivity index (χ3n) is 3.51. The average molecular weight is 346 g/mol. The molecule has 0 radical (unpaired) electrons. The summed E-state index contributed by atoms with van der Waals surface area (Å²) in [5, 5.41) is 0.139. The van der Waals surface area contributed by atoms with Crippen LogP contribution in [0.15, 0.2) is 32.0 Å². The van der Waals surface area contributed by atoms with Crippen molar-refractivity contribution in [3.63, 3.8) is 0 Å². The second kappa shape index (κ2) is 5.43. The van der Waals surface area contributed by atoms with Gasteiger partial charge < -0.3 is 18.3 Å². The summed E-state index contributed by atoms with van der Waals surface area (Å²) in [5.74, 6) is -6.27. The highest BCUT2D eigenvalue weighted by molar-refractivity contribution is 6.06. The predicted molar refractivity (Wildman–Crippen MR) is 75.3 cm³/mol. The van der Waals surface area contributed by atoms with Gasteiger partial charge in [0, 0.05) is 6.07 Å². The second-order valence-corrected chi connectivity index (χ2v) is 4.83. The molecule has 128 valence electrons. The standard InChI is InChI=1S/C15H10F4O5/c1-21-10-6-3-4-23-11(6)13(22-2)12-9(10)7(20)5-8(24-12)15(18,19)14(16)17/h3-5,14H,1-2H3. The molecule has 0 fully saturated rings. The van der Waals surface area contributed by atoms with Crippen molar-refractivity contribution in [3.8, 4) is 11.5 Å². The Balaban J connectivity index is 2.51. The van der Waals surface area contributed by atoms with Crippen molar-refractivity contribution in [1.29, 1.82) is 0 Å². The Morgan fingerprint density at radius 1 is 1.12 bits per heavy atom. The number of rotatable bonds is 4. The second-order valence-electron chi connectivity index (χ2n) is 4.83. The number of hydrogen-bond donors (Lipinski definition) is 0. The summed E-state index contributed by atoms with van der Waals surface area (Å²) < 4.78 is 72.6. The van der Waals surface area contributed by atoms with E-state index in [2.05, 4.69) is 0 Å². The zero-order chi connectivity index (χ0) is 17.6. The van der Waals surface area contributed by atoms with E-state index >= 15 is 0 Å². The number of ether oxygens (including phenoxy) is 2. The Morgan fingerprint density at radius 3 is 2.38 bits per heavy atom. The molecule has 0 aliphatic carbocycles. The van der Waals surface area contributed by atoms with Crippen molar-refractivity contribution in [2.75, 3.05) is 14.2 Å². The minimum atomic E-state index is -4.64. The first-order chi connectivity index (χ1) is 11.3. The van der Waals surface area contributed by atoms with Gasteiger partial charge in [0.15, 0.2) is 22.4 Å². The van der Waals surface area contributed by atoms with Gasteiger partial charge in [-0.1, -0.05) is 0 Å². The lowest BCUT2D eigenvalue weighted by atomic mass is 10.1. The van der Waals surface area contributed by atoms with E-state index in [1.165, 1.54) is 26.5 Å². The van der Waals surface area contributed by atoms with Gasteiger partial charge in [-0.05, 0) is 6.07 Å². The SMILES string of the molecule is COc1c2occc2c(OC)c2c(=O)cc(C(F)(F)C(F)F)oc12. The predicted octanol–water partition coefficient (Wildman–Crippen LogP) is 3.91. The van der Waals surface area contributed by atoms with Gasteiger partial charge in [0.1, 0.15) is 11.1 Å². The van der Waals surface area contributed by atoms with Crippen LogP contribution < -0.4 is 14.9 Å². The first-order valence-electron chi connectivity index (χ1n) is 6.58. The first-order valence-corrected chi connectivity index (χ1v) is 6.58. The highest BCUT2D eigenvalue weighted by Gasteiger charge is 2.46. The van der Waals surface area contributed by atoms with Gasteiger partial charge in [-0.15, -0.1) is 0 Å². The number of halogens is 4. The van der Waals surface area contributed by atoms with Crippen LogP contribution in [-0.4, -0.2) is 20.6 Å². The third-order valence-corrected chi connectivity index (χ3v) is 3.51. The number of alkyl halides is 4. The normalized spacial score (nSPS) is 12.3.